The van der Waals surface area contributed by atoms with Gasteiger partial charge in [0.1, 0.15) is 12.0 Å². The van der Waals surface area contributed by atoms with Crippen LogP contribution in [0.25, 0.3) is 0 Å². The first-order chi connectivity index (χ1) is 12.6. The molecule has 3 aromatic rings. The van der Waals surface area contributed by atoms with Crippen molar-refractivity contribution < 1.29 is 4.79 Å². The van der Waals surface area contributed by atoms with Crippen molar-refractivity contribution >= 4 is 28.9 Å². The van der Waals surface area contributed by atoms with Crippen LogP contribution in [0.3, 0.4) is 0 Å². The van der Waals surface area contributed by atoms with Crippen LogP contribution >= 0.6 is 0 Å². The van der Waals surface area contributed by atoms with E-state index in [1.807, 2.05) is 49.4 Å². The number of nitrogens with zero attached hydrogens (tertiary/aromatic N) is 2. The fourth-order valence-electron chi connectivity index (χ4n) is 2.14. The first-order valence-electron chi connectivity index (χ1n) is 7.94. The molecule has 0 atom stereocenters. The monoisotopic (exact) mass is 349 g/mol. The van der Waals surface area contributed by atoms with Gasteiger partial charge in [-0.25, -0.2) is 9.97 Å². The third-order valence-corrected chi connectivity index (χ3v) is 3.59. The third-order valence-electron chi connectivity index (χ3n) is 3.59. The molecule has 0 fully saturated rings. The molecule has 0 bridgehead atoms. The number of hydrazine groups is 2. The maximum absolute atomic E-state index is 12.2. The van der Waals surface area contributed by atoms with Crippen molar-refractivity contribution in [3.8, 4) is 0 Å². The van der Waals surface area contributed by atoms with Crippen LogP contribution in [0.4, 0.5) is 23.0 Å². The lowest BCUT2D eigenvalue weighted by atomic mass is 10.1. The van der Waals surface area contributed by atoms with E-state index >= 15 is 0 Å². The predicted octanol–water partition coefficient (Wildman–Crippen LogP) is 2.56. The van der Waals surface area contributed by atoms with Gasteiger partial charge in [-0.15, -0.1) is 0 Å². The number of hydrogen-bond donors (Lipinski definition) is 5. The van der Waals surface area contributed by atoms with Gasteiger partial charge in [0, 0.05) is 5.56 Å². The lowest BCUT2D eigenvalue weighted by molar-refractivity contribution is 0.0962. The van der Waals surface area contributed by atoms with Gasteiger partial charge in [-0.2, -0.15) is 0 Å². The average molecular weight is 349 g/mol. The zero-order valence-electron chi connectivity index (χ0n) is 14.2. The summed E-state index contributed by atoms with van der Waals surface area (Å²) in [7, 11) is 0. The van der Waals surface area contributed by atoms with E-state index in [-0.39, 0.29) is 17.4 Å². The summed E-state index contributed by atoms with van der Waals surface area (Å²) in [6.07, 6.45) is 1.34. The summed E-state index contributed by atoms with van der Waals surface area (Å²) in [5.74, 6) is 0.383. The summed E-state index contributed by atoms with van der Waals surface area (Å²) >= 11 is 0. The second kappa shape index (κ2) is 7.84. The highest BCUT2D eigenvalue weighted by molar-refractivity contribution is 5.95. The van der Waals surface area contributed by atoms with Crippen molar-refractivity contribution in [3.63, 3.8) is 0 Å². The number of carbonyl (C=O) groups is 1. The lowest BCUT2D eigenvalue weighted by Gasteiger charge is -2.14. The van der Waals surface area contributed by atoms with Crippen LogP contribution in [-0.2, 0) is 0 Å². The van der Waals surface area contributed by atoms with Crippen molar-refractivity contribution in [2.24, 2.45) is 0 Å². The fraction of sp³-hybridized carbons (Fsp3) is 0.0556. The Morgan fingerprint density at radius 3 is 2.23 bits per heavy atom. The van der Waals surface area contributed by atoms with Crippen molar-refractivity contribution in [1.82, 2.24) is 15.4 Å². The molecule has 8 nitrogen and oxygen atoms in total. The second-order valence-electron chi connectivity index (χ2n) is 5.55. The van der Waals surface area contributed by atoms with Gasteiger partial charge in [0.15, 0.2) is 11.6 Å². The molecule has 0 aliphatic heterocycles. The van der Waals surface area contributed by atoms with Gasteiger partial charge in [0.2, 0.25) is 0 Å². The highest BCUT2D eigenvalue weighted by atomic mass is 16.2. The van der Waals surface area contributed by atoms with Crippen molar-refractivity contribution in [1.29, 1.82) is 0 Å². The summed E-state index contributed by atoms with van der Waals surface area (Å²) in [5, 5.41) is 0. The van der Waals surface area contributed by atoms with Gasteiger partial charge < -0.3 is 5.73 Å². The molecule has 1 heterocycles. The standard InChI is InChI=1S/C18H19N7O/c1-12-7-9-13(10-8-12)18(26)25-24-17-15(19)16(20-11-21-17)23-22-14-5-3-2-4-6-14/h2-11,22H,19H2,1H3,(H,25,26)(H2,20,21,23,24). The molecule has 0 aliphatic rings. The molecule has 26 heavy (non-hydrogen) atoms. The van der Waals surface area contributed by atoms with Crippen LogP contribution in [0.5, 0.6) is 0 Å². The number of carbonyl (C=O) groups excluding carboxylic acids is 1. The number of nitrogens with two attached hydrogens (primary N) is 1. The second-order valence-corrected chi connectivity index (χ2v) is 5.55. The van der Waals surface area contributed by atoms with Crippen molar-refractivity contribution in [2.45, 2.75) is 6.92 Å². The van der Waals surface area contributed by atoms with Crippen molar-refractivity contribution in [3.05, 3.63) is 72.1 Å². The molecule has 0 saturated carbocycles. The molecule has 132 valence electrons. The molecule has 2 aromatic carbocycles. The Morgan fingerprint density at radius 1 is 0.885 bits per heavy atom. The fourth-order valence-corrected chi connectivity index (χ4v) is 2.14. The van der Waals surface area contributed by atoms with Crippen LogP contribution in [0.15, 0.2) is 60.9 Å². The van der Waals surface area contributed by atoms with E-state index in [2.05, 4.69) is 31.7 Å². The summed E-state index contributed by atoms with van der Waals surface area (Å²) in [4.78, 5) is 20.3. The highest BCUT2D eigenvalue weighted by Gasteiger charge is 2.10. The van der Waals surface area contributed by atoms with Crippen molar-refractivity contribution in [2.75, 3.05) is 22.0 Å². The number of rotatable bonds is 6. The average Bonchev–Trinajstić information content (AvgIpc) is 2.67. The SMILES string of the molecule is Cc1ccc(C(=O)NNc2ncnc(NNc3ccccc3)c2N)cc1. The van der Waals surface area contributed by atoms with E-state index in [0.29, 0.717) is 11.4 Å². The maximum Gasteiger partial charge on any atom is 0.269 e. The van der Waals surface area contributed by atoms with Gasteiger partial charge >= 0.3 is 0 Å². The molecule has 1 aromatic heterocycles. The van der Waals surface area contributed by atoms with E-state index < -0.39 is 0 Å². The molecule has 1 amide bonds. The van der Waals surface area contributed by atoms with Gasteiger partial charge in [-0.1, -0.05) is 35.9 Å². The van der Waals surface area contributed by atoms with Gasteiger partial charge in [-0.05, 0) is 31.2 Å². The predicted molar refractivity (Wildman–Crippen MR) is 102 cm³/mol. The van der Waals surface area contributed by atoms with E-state index in [1.165, 1.54) is 6.33 Å². The van der Waals surface area contributed by atoms with E-state index in [1.54, 1.807) is 12.1 Å². The molecule has 0 radical (unpaired) electrons. The number of nitrogens with one attached hydrogen (secondary N) is 4. The maximum atomic E-state index is 12.2. The molecule has 0 aliphatic carbocycles. The van der Waals surface area contributed by atoms with Crippen LogP contribution in [0.2, 0.25) is 0 Å². The Labute approximate surface area is 150 Å². The molecule has 0 saturated heterocycles. The molecule has 6 N–H and O–H groups in total. The molecule has 3 rings (SSSR count). The lowest BCUT2D eigenvalue weighted by Crippen LogP contribution is -2.30. The Bertz CT molecular complexity index is 882. The van der Waals surface area contributed by atoms with Gasteiger partial charge in [-0.3, -0.25) is 26.5 Å². The van der Waals surface area contributed by atoms with Crippen LogP contribution in [-0.4, -0.2) is 15.9 Å². The van der Waals surface area contributed by atoms with Crippen LogP contribution in [0.1, 0.15) is 15.9 Å². The quantitative estimate of drug-likeness (QED) is 0.434. The first kappa shape index (κ1) is 17.0. The summed E-state index contributed by atoms with van der Waals surface area (Å²) in [6.45, 7) is 1.96. The van der Waals surface area contributed by atoms with E-state index in [4.69, 9.17) is 5.73 Å². The number of benzene rings is 2. The number of aromatic nitrogens is 2. The number of para-hydroxylation sites is 1. The van der Waals surface area contributed by atoms with Crippen LogP contribution < -0.4 is 27.4 Å². The van der Waals surface area contributed by atoms with Gasteiger partial charge in [0.05, 0.1) is 5.69 Å². The summed E-state index contributed by atoms with van der Waals surface area (Å²) in [6, 6.07) is 16.7. The normalized spacial score (nSPS) is 10.0. The largest absolute Gasteiger partial charge is 0.393 e. The zero-order valence-corrected chi connectivity index (χ0v) is 14.2. The smallest absolute Gasteiger partial charge is 0.269 e. The third kappa shape index (κ3) is 4.18. The molecule has 0 spiro atoms. The summed E-state index contributed by atoms with van der Waals surface area (Å²) in [5.41, 5.74) is 20.0. The zero-order chi connectivity index (χ0) is 18.4. The Morgan fingerprint density at radius 2 is 1.54 bits per heavy atom. The number of aryl methyl sites for hydroxylation is 1. The van der Waals surface area contributed by atoms with Gasteiger partial charge in [0.25, 0.3) is 5.91 Å². The number of hydrogen-bond acceptors (Lipinski definition) is 7. The van der Waals surface area contributed by atoms with E-state index in [9.17, 15) is 4.79 Å². The Balaban J connectivity index is 1.63. The Kier molecular flexibility index (Phi) is 5.14. The number of nitrogen functional groups attached to an aromatic ring is 1. The van der Waals surface area contributed by atoms with Crippen LogP contribution in [0, 0.1) is 6.92 Å². The minimum atomic E-state index is -0.292. The number of amides is 1. The van der Waals surface area contributed by atoms with E-state index in [0.717, 1.165) is 11.3 Å². The Hall–Kier alpha value is -3.81. The topological polar surface area (TPSA) is 117 Å². The number of anilines is 4. The minimum absolute atomic E-state index is 0.264. The minimum Gasteiger partial charge on any atom is -0.393 e. The molecule has 8 heteroatoms. The molecule has 0 unspecified atom stereocenters. The molecular formula is C18H19N7O. The summed E-state index contributed by atoms with van der Waals surface area (Å²) < 4.78 is 0. The molecular weight excluding hydrogens is 330 g/mol. The first-order valence-corrected chi connectivity index (χ1v) is 7.94. The highest BCUT2D eigenvalue weighted by Crippen LogP contribution is 2.22.